The zero-order valence-corrected chi connectivity index (χ0v) is 12.9. The fraction of sp³-hybridized carbons (Fsp3) is 0.714. The van der Waals surface area contributed by atoms with Crippen LogP contribution in [0.2, 0.25) is 0 Å². The minimum Gasteiger partial charge on any atom is -0.358 e. The number of aromatic nitrogens is 2. The van der Waals surface area contributed by atoms with Crippen LogP contribution in [0, 0.1) is 0 Å². The van der Waals surface area contributed by atoms with Gasteiger partial charge in [0.15, 0.2) is 17.8 Å². The molecule has 1 N–H and O–H groups in total. The molecule has 1 aromatic rings. The highest BCUT2D eigenvalue weighted by Gasteiger charge is 2.58. The topological polar surface area (TPSA) is 74.7 Å². The molecule has 4 rings (SSSR count). The van der Waals surface area contributed by atoms with Gasteiger partial charge in [-0.05, 0) is 13.8 Å². The van der Waals surface area contributed by atoms with Crippen LogP contribution in [-0.2, 0) is 25.1 Å². The monoisotopic (exact) mass is 347 g/mol. The molecule has 1 aromatic heterocycles. The summed E-state index contributed by atoms with van der Waals surface area (Å²) in [5.41, 5.74) is -1.07. The highest BCUT2D eigenvalue weighted by atomic mass is 19.4. The van der Waals surface area contributed by atoms with Crippen molar-refractivity contribution in [1.29, 1.82) is 0 Å². The molecule has 7 nitrogen and oxygen atoms in total. The van der Waals surface area contributed by atoms with Crippen molar-refractivity contribution in [2.75, 3.05) is 11.9 Å². The van der Waals surface area contributed by atoms with E-state index in [1.807, 2.05) is 0 Å². The van der Waals surface area contributed by atoms with E-state index in [1.54, 1.807) is 13.8 Å². The summed E-state index contributed by atoms with van der Waals surface area (Å²) < 4.78 is 61.4. The largest absolute Gasteiger partial charge is 0.434 e. The minimum absolute atomic E-state index is 0.0283. The van der Waals surface area contributed by atoms with Crippen molar-refractivity contribution in [3.63, 3.8) is 0 Å². The summed E-state index contributed by atoms with van der Waals surface area (Å²) in [5.74, 6) is -0.831. The summed E-state index contributed by atoms with van der Waals surface area (Å²) in [5, 5.41) is 2.90. The van der Waals surface area contributed by atoms with Gasteiger partial charge in [-0.1, -0.05) is 0 Å². The maximum atomic E-state index is 12.8. The Kier molecular flexibility index (Phi) is 3.50. The zero-order valence-electron chi connectivity index (χ0n) is 12.9. The van der Waals surface area contributed by atoms with E-state index in [2.05, 4.69) is 15.3 Å². The first kappa shape index (κ1) is 16.0. The van der Waals surface area contributed by atoms with Gasteiger partial charge in [0.25, 0.3) is 0 Å². The van der Waals surface area contributed by atoms with E-state index in [0.29, 0.717) is 12.8 Å². The van der Waals surface area contributed by atoms with Gasteiger partial charge in [0.1, 0.15) is 30.2 Å². The van der Waals surface area contributed by atoms with Crippen LogP contribution in [0.4, 0.5) is 19.0 Å². The summed E-state index contributed by atoms with van der Waals surface area (Å²) >= 11 is 0. The number of ether oxygens (including phenoxy) is 4. The third-order valence-corrected chi connectivity index (χ3v) is 4.15. The van der Waals surface area contributed by atoms with Crippen LogP contribution >= 0.6 is 0 Å². The quantitative estimate of drug-likeness (QED) is 0.870. The van der Waals surface area contributed by atoms with Crippen molar-refractivity contribution in [3.8, 4) is 0 Å². The van der Waals surface area contributed by atoms with Crippen molar-refractivity contribution in [2.24, 2.45) is 0 Å². The first-order valence-corrected chi connectivity index (χ1v) is 7.51. The van der Waals surface area contributed by atoms with Crippen molar-refractivity contribution in [1.82, 2.24) is 9.97 Å². The van der Waals surface area contributed by atoms with Gasteiger partial charge in [-0.2, -0.15) is 13.2 Å². The van der Waals surface area contributed by atoms with E-state index in [4.69, 9.17) is 18.9 Å². The van der Waals surface area contributed by atoms with E-state index in [9.17, 15) is 13.2 Å². The molecule has 132 valence electrons. The van der Waals surface area contributed by atoms with Gasteiger partial charge in [0.2, 0.25) is 0 Å². The predicted octanol–water partition coefficient (Wildman–Crippen LogP) is 1.55. The molecule has 0 radical (unpaired) electrons. The van der Waals surface area contributed by atoms with E-state index in [1.165, 1.54) is 6.20 Å². The van der Waals surface area contributed by atoms with Gasteiger partial charge in [-0.25, -0.2) is 4.98 Å². The second-order valence-corrected chi connectivity index (χ2v) is 6.40. The number of anilines is 1. The summed E-state index contributed by atoms with van der Waals surface area (Å²) in [6, 6.07) is -0.562. The molecular formula is C14H16F3N3O4. The number of fused-ring (bicyclic) bond motifs is 4. The molecule has 10 heteroatoms. The lowest BCUT2D eigenvalue weighted by Gasteiger charge is -2.35. The molecule has 5 atom stereocenters. The van der Waals surface area contributed by atoms with Crippen molar-refractivity contribution in [3.05, 3.63) is 18.1 Å². The fourth-order valence-corrected chi connectivity index (χ4v) is 3.23. The van der Waals surface area contributed by atoms with Crippen LogP contribution in [0.25, 0.3) is 0 Å². The molecule has 0 amide bonds. The van der Waals surface area contributed by atoms with E-state index in [-0.39, 0.29) is 18.0 Å². The third-order valence-electron chi connectivity index (χ3n) is 4.15. The lowest BCUT2D eigenvalue weighted by molar-refractivity contribution is -0.151. The van der Waals surface area contributed by atoms with Gasteiger partial charge in [0.05, 0.1) is 19.0 Å². The van der Waals surface area contributed by atoms with Crippen LogP contribution in [0.3, 0.4) is 0 Å². The molecule has 0 aromatic carbocycles. The second kappa shape index (κ2) is 5.25. The smallest absolute Gasteiger partial charge is 0.358 e. The third kappa shape index (κ3) is 2.73. The van der Waals surface area contributed by atoms with E-state index in [0.717, 1.165) is 0 Å². The average molecular weight is 347 g/mol. The molecule has 0 aliphatic carbocycles. The number of nitrogens with one attached hydrogen (secondary N) is 1. The molecule has 0 unspecified atom stereocenters. The Morgan fingerprint density at radius 2 is 1.96 bits per heavy atom. The molecule has 4 heterocycles. The molecule has 24 heavy (non-hydrogen) atoms. The minimum atomic E-state index is -4.57. The van der Waals surface area contributed by atoms with Crippen LogP contribution in [0.15, 0.2) is 12.4 Å². The average Bonchev–Trinajstić information content (AvgIpc) is 3.06. The van der Waals surface area contributed by atoms with E-state index < -0.39 is 36.1 Å². The number of nitrogens with zero attached hydrogens (tertiary/aromatic N) is 2. The maximum absolute atomic E-state index is 12.8. The first-order chi connectivity index (χ1) is 11.2. The maximum Gasteiger partial charge on any atom is 0.434 e. The predicted molar refractivity (Wildman–Crippen MR) is 72.9 cm³/mol. The lowest BCUT2D eigenvalue weighted by atomic mass is 9.99. The van der Waals surface area contributed by atoms with Gasteiger partial charge < -0.3 is 24.3 Å². The highest BCUT2D eigenvalue weighted by molar-refractivity contribution is 5.35. The zero-order chi connectivity index (χ0) is 17.1. The Bertz CT molecular complexity index is 642. The standard InChI is InChI=1S/C14H16F3N3O4/c1-13(2)23-10-6-5-21-12(22-6)9(11(10)24-13)20-8-4-18-3-7(19-8)14(15,16)17/h3-4,6,9-12H,5H2,1-2H3,(H,19,20)/t6-,9+,10-,11+,12-/m0/s1. The van der Waals surface area contributed by atoms with Gasteiger partial charge in [-0.15, -0.1) is 0 Å². The second-order valence-electron chi connectivity index (χ2n) is 6.40. The summed E-state index contributed by atoms with van der Waals surface area (Å²) in [6.45, 7) is 3.90. The van der Waals surface area contributed by atoms with Crippen LogP contribution in [-0.4, -0.2) is 53.0 Å². The Hall–Kier alpha value is -1.49. The number of rotatable bonds is 2. The van der Waals surface area contributed by atoms with Gasteiger partial charge >= 0.3 is 6.18 Å². The molecule has 3 aliphatic heterocycles. The lowest BCUT2D eigenvalue weighted by Crippen LogP contribution is -2.55. The van der Waals surface area contributed by atoms with E-state index >= 15 is 0 Å². The Morgan fingerprint density at radius 1 is 1.21 bits per heavy atom. The van der Waals surface area contributed by atoms with Crippen molar-refractivity contribution >= 4 is 5.82 Å². The van der Waals surface area contributed by atoms with Crippen LogP contribution in [0.1, 0.15) is 19.5 Å². The van der Waals surface area contributed by atoms with Crippen LogP contribution in [0.5, 0.6) is 0 Å². The van der Waals surface area contributed by atoms with Gasteiger partial charge in [0, 0.05) is 0 Å². The molecule has 3 fully saturated rings. The molecule has 0 saturated carbocycles. The fourth-order valence-electron chi connectivity index (χ4n) is 3.23. The number of hydrogen-bond acceptors (Lipinski definition) is 7. The highest BCUT2D eigenvalue weighted by Crippen LogP contribution is 2.41. The molecular weight excluding hydrogens is 331 g/mol. The summed E-state index contributed by atoms with van der Waals surface area (Å²) in [6.07, 6.45) is -4.38. The van der Waals surface area contributed by atoms with Crippen LogP contribution < -0.4 is 5.32 Å². The summed E-state index contributed by atoms with van der Waals surface area (Å²) in [4.78, 5) is 7.16. The number of alkyl halides is 3. The first-order valence-electron chi connectivity index (χ1n) is 7.51. The molecule has 3 saturated heterocycles. The SMILES string of the molecule is CC1(C)O[C@@H]2[C@@H](Nc3cncc(C(F)(F)F)n3)[C@H]3OC[C@H](O3)[C@@H]2O1. The van der Waals surface area contributed by atoms with Gasteiger partial charge in [-0.3, -0.25) is 4.98 Å². The normalized spacial score (nSPS) is 37.3. The number of halogens is 3. The Balaban J connectivity index is 1.59. The molecule has 3 aliphatic rings. The Labute approximate surface area is 135 Å². The Morgan fingerprint density at radius 3 is 2.71 bits per heavy atom. The molecule has 0 spiro atoms. The summed E-state index contributed by atoms with van der Waals surface area (Å²) in [7, 11) is 0. The molecule has 2 bridgehead atoms. The van der Waals surface area contributed by atoms with Crippen molar-refractivity contribution in [2.45, 2.75) is 56.5 Å². The van der Waals surface area contributed by atoms with Crippen molar-refractivity contribution < 1.29 is 32.1 Å². The number of hydrogen-bond donors (Lipinski definition) is 1.